The topological polar surface area (TPSA) is 95.7 Å². The van der Waals surface area contributed by atoms with E-state index in [4.69, 9.17) is 5.11 Å². The predicted octanol–water partition coefficient (Wildman–Crippen LogP) is -0.0700. The van der Waals surface area contributed by atoms with Crippen molar-refractivity contribution in [3.05, 3.63) is 12.4 Å². The molecule has 0 bridgehead atoms. The second kappa shape index (κ2) is 7.53. The summed E-state index contributed by atoms with van der Waals surface area (Å²) in [6, 6.07) is 0. The van der Waals surface area contributed by atoms with Gasteiger partial charge < -0.3 is 10.0 Å². The largest absolute Gasteiger partial charge is 0.480 e. The van der Waals surface area contributed by atoms with Gasteiger partial charge in [-0.2, -0.15) is 9.40 Å². The van der Waals surface area contributed by atoms with Crippen molar-refractivity contribution in [3.63, 3.8) is 0 Å². The standard InChI is InChI=1S/C12H22N4O4S/c1-4-16(7-5-6-14(2)3)21(19,20)11-8-13-15(9-11)10-12(17)18/h8-9H,4-7,10H2,1-3H3,(H,17,18). The number of carboxylic acid groups (broad SMARTS) is 1. The number of carbonyl (C=O) groups is 1. The summed E-state index contributed by atoms with van der Waals surface area (Å²) in [6.07, 6.45) is 3.16. The van der Waals surface area contributed by atoms with Crippen molar-refractivity contribution in [1.82, 2.24) is 19.0 Å². The Hall–Kier alpha value is -1.45. The van der Waals surface area contributed by atoms with Crippen molar-refractivity contribution in [2.75, 3.05) is 33.7 Å². The van der Waals surface area contributed by atoms with Crippen LogP contribution in [0.15, 0.2) is 17.3 Å². The molecule has 1 aromatic heterocycles. The summed E-state index contributed by atoms with van der Waals surface area (Å²) >= 11 is 0. The molecule has 0 atom stereocenters. The number of sulfonamides is 1. The molecule has 0 unspecified atom stereocenters. The molecule has 0 radical (unpaired) electrons. The van der Waals surface area contributed by atoms with Crippen molar-refractivity contribution in [1.29, 1.82) is 0 Å². The molecule has 0 aromatic carbocycles. The van der Waals surface area contributed by atoms with E-state index in [-0.39, 0.29) is 11.4 Å². The lowest BCUT2D eigenvalue weighted by Gasteiger charge is -2.20. The molecular formula is C12H22N4O4S. The van der Waals surface area contributed by atoms with Gasteiger partial charge in [-0.1, -0.05) is 6.92 Å². The Kier molecular flexibility index (Phi) is 6.31. The first-order chi connectivity index (χ1) is 9.77. The molecule has 21 heavy (non-hydrogen) atoms. The van der Waals surface area contributed by atoms with Gasteiger partial charge in [0.15, 0.2) is 0 Å². The number of rotatable bonds is 9. The second-order valence-corrected chi connectivity index (χ2v) is 6.86. The summed E-state index contributed by atoms with van der Waals surface area (Å²) in [5.74, 6) is -1.07. The van der Waals surface area contributed by atoms with Crippen molar-refractivity contribution >= 4 is 16.0 Å². The average molecular weight is 318 g/mol. The van der Waals surface area contributed by atoms with Crippen molar-refractivity contribution in [3.8, 4) is 0 Å². The highest BCUT2D eigenvalue weighted by Gasteiger charge is 2.24. The molecular weight excluding hydrogens is 296 g/mol. The predicted molar refractivity (Wildman–Crippen MR) is 77.5 cm³/mol. The molecule has 1 heterocycles. The smallest absolute Gasteiger partial charge is 0.325 e. The Labute approximate surface area is 125 Å². The van der Waals surface area contributed by atoms with E-state index in [1.165, 1.54) is 16.7 Å². The quantitative estimate of drug-likeness (QED) is 0.685. The van der Waals surface area contributed by atoms with Gasteiger partial charge in [-0.25, -0.2) is 8.42 Å². The molecule has 0 aliphatic carbocycles. The third kappa shape index (κ3) is 5.10. The molecule has 0 aliphatic heterocycles. The fraction of sp³-hybridized carbons (Fsp3) is 0.667. The highest BCUT2D eigenvalue weighted by molar-refractivity contribution is 7.89. The summed E-state index contributed by atoms with van der Waals surface area (Å²) in [5.41, 5.74) is 0. The summed E-state index contributed by atoms with van der Waals surface area (Å²) in [4.78, 5) is 12.6. The van der Waals surface area contributed by atoms with E-state index in [0.29, 0.717) is 13.1 Å². The number of carboxylic acids is 1. The zero-order valence-electron chi connectivity index (χ0n) is 12.6. The van der Waals surface area contributed by atoms with Crippen LogP contribution in [0, 0.1) is 0 Å². The minimum absolute atomic E-state index is 0.0236. The lowest BCUT2D eigenvalue weighted by Crippen LogP contribution is -2.33. The van der Waals surface area contributed by atoms with Gasteiger partial charge in [0.2, 0.25) is 10.0 Å². The first-order valence-electron chi connectivity index (χ1n) is 6.66. The molecule has 0 spiro atoms. The van der Waals surface area contributed by atoms with E-state index < -0.39 is 16.0 Å². The summed E-state index contributed by atoms with van der Waals surface area (Å²) in [6.45, 7) is 2.99. The fourth-order valence-corrected chi connectivity index (χ4v) is 3.31. The molecule has 0 amide bonds. The molecule has 0 saturated carbocycles. The zero-order chi connectivity index (χ0) is 16.0. The third-order valence-electron chi connectivity index (χ3n) is 2.91. The van der Waals surface area contributed by atoms with E-state index in [0.717, 1.165) is 17.6 Å². The van der Waals surface area contributed by atoms with Crippen LogP contribution in [0.25, 0.3) is 0 Å². The maximum absolute atomic E-state index is 12.4. The number of aliphatic carboxylic acids is 1. The Morgan fingerprint density at radius 1 is 1.38 bits per heavy atom. The summed E-state index contributed by atoms with van der Waals surface area (Å²) in [7, 11) is 0.237. The Morgan fingerprint density at radius 2 is 2.05 bits per heavy atom. The Balaban J connectivity index is 2.81. The lowest BCUT2D eigenvalue weighted by atomic mass is 10.4. The molecule has 0 saturated heterocycles. The highest BCUT2D eigenvalue weighted by atomic mass is 32.2. The van der Waals surface area contributed by atoms with Crippen LogP contribution in [-0.2, 0) is 21.4 Å². The van der Waals surface area contributed by atoms with Gasteiger partial charge in [0.1, 0.15) is 11.4 Å². The van der Waals surface area contributed by atoms with Crippen LogP contribution in [0.5, 0.6) is 0 Å². The van der Waals surface area contributed by atoms with Gasteiger partial charge in [0.05, 0.1) is 6.20 Å². The first kappa shape index (κ1) is 17.6. The van der Waals surface area contributed by atoms with Gasteiger partial charge in [0, 0.05) is 19.3 Å². The van der Waals surface area contributed by atoms with E-state index in [2.05, 4.69) is 5.10 Å². The molecule has 1 aromatic rings. The normalized spacial score (nSPS) is 12.2. The number of nitrogens with zero attached hydrogens (tertiary/aromatic N) is 4. The molecule has 120 valence electrons. The summed E-state index contributed by atoms with van der Waals surface area (Å²) < 4.78 is 27.4. The van der Waals surface area contributed by atoms with Gasteiger partial charge in [-0.05, 0) is 27.1 Å². The molecule has 0 fully saturated rings. The van der Waals surface area contributed by atoms with E-state index >= 15 is 0 Å². The minimum Gasteiger partial charge on any atom is -0.480 e. The lowest BCUT2D eigenvalue weighted by molar-refractivity contribution is -0.137. The monoisotopic (exact) mass is 318 g/mol. The van der Waals surface area contributed by atoms with Gasteiger partial charge in [-0.3, -0.25) is 9.48 Å². The maximum atomic E-state index is 12.4. The Bertz CT molecular complexity index is 568. The van der Waals surface area contributed by atoms with Crippen LogP contribution in [-0.4, -0.2) is 72.2 Å². The highest BCUT2D eigenvalue weighted by Crippen LogP contribution is 2.15. The van der Waals surface area contributed by atoms with Gasteiger partial charge >= 0.3 is 5.97 Å². The van der Waals surface area contributed by atoms with E-state index in [9.17, 15) is 13.2 Å². The summed E-state index contributed by atoms with van der Waals surface area (Å²) in [5, 5.41) is 12.4. The van der Waals surface area contributed by atoms with Crippen molar-refractivity contribution < 1.29 is 18.3 Å². The minimum atomic E-state index is -3.63. The molecule has 8 nitrogen and oxygen atoms in total. The van der Waals surface area contributed by atoms with E-state index in [1.807, 2.05) is 19.0 Å². The van der Waals surface area contributed by atoms with Crippen LogP contribution >= 0.6 is 0 Å². The number of hydrogen-bond donors (Lipinski definition) is 1. The number of hydrogen-bond acceptors (Lipinski definition) is 5. The van der Waals surface area contributed by atoms with Crippen LogP contribution in [0.3, 0.4) is 0 Å². The maximum Gasteiger partial charge on any atom is 0.325 e. The molecule has 0 aliphatic rings. The molecule has 1 rings (SSSR count). The Morgan fingerprint density at radius 3 is 2.57 bits per heavy atom. The third-order valence-corrected chi connectivity index (χ3v) is 4.84. The first-order valence-corrected chi connectivity index (χ1v) is 8.10. The van der Waals surface area contributed by atoms with Crippen molar-refractivity contribution in [2.24, 2.45) is 0 Å². The second-order valence-electron chi connectivity index (χ2n) is 4.92. The molecule has 1 N–H and O–H groups in total. The molecule has 9 heteroatoms. The van der Waals surface area contributed by atoms with Crippen molar-refractivity contribution in [2.45, 2.75) is 24.8 Å². The fourth-order valence-electron chi connectivity index (χ4n) is 1.86. The van der Waals surface area contributed by atoms with Gasteiger partial charge in [-0.15, -0.1) is 0 Å². The number of aromatic nitrogens is 2. The van der Waals surface area contributed by atoms with Crippen LogP contribution < -0.4 is 0 Å². The van der Waals surface area contributed by atoms with Crippen LogP contribution in [0.4, 0.5) is 0 Å². The zero-order valence-corrected chi connectivity index (χ0v) is 13.4. The van der Waals surface area contributed by atoms with Crippen LogP contribution in [0.1, 0.15) is 13.3 Å². The average Bonchev–Trinajstić information content (AvgIpc) is 2.82. The van der Waals surface area contributed by atoms with Gasteiger partial charge in [0.25, 0.3) is 0 Å². The SMILES string of the molecule is CCN(CCCN(C)C)S(=O)(=O)c1cnn(CC(=O)O)c1. The van der Waals surface area contributed by atoms with E-state index in [1.54, 1.807) is 6.92 Å². The van der Waals surface area contributed by atoms with Crippen LogP contribution in [0.2, 0.25) is 0 Å².